The summed E-state index contributed by atoms with van der Waals surface area (Å²) in [6.07, 6.45) is 5.29. The summed E-state index contributed by atoms with van der Waals surface area (Å²) >= 11 is 6.63. The normalized spacial score (nSPS) is 29.4. The molecule has 0 radical (unpaired) electrons. The standard InChI is InChI=1S/C23H28ClN3O2/c1-22(2)15-11-27(12-16(15)22)10-14-8-13-9-17(24)19-18(20(13)29-14)23(26-21(28)25-19)6-4-3-5-7-23/h8-9,15-16H,3-7,10-12H2,1-2H3,(H2,25,26,28). The minimum absolute atomic E-state index is 0.161. The third-order valence-corrected chi connectivity index (χ3v) is 8.46. The number of halogens is 1. The van der Waals surface area contributed by atoms with Crippen LogP contribution in [0.25, 0.3) is 11.0 Å². The van der Waals surface area contributed by atoms with E-state index in [-0.39, 0.29) is 11.6 Å². The van der Waals surface area contributed by atoms with Crippen LogP contribution in [0.3, 0.4) is 0 Å². The van der Waals surface area contributed by atoms with Crippen molar-refractivity contribution >= 4 is 34.3 Å². The maximum Gasteiger partial charge on any atom is 0.319 e. The van der Waals surface area contributed by atoms with E-state index in [9.17, 15) is 4.79 Å². The topological polar surface area (TPSA) is 57.5 Å². The van der Waals surface area contributed by atoms with Gasteiger partial charge in [-0.1, -0.05) is 44.7 Å². The molecule has 4 aliphatic rings. The monoisotopic (exact) mass is 413 g/mol. The van der Waals surface area contributed by atoms with Crippen molar-refractivity contribution in [2.24, 2.45) is 17.3 Å². The summed E-state index contributed by atoms with van der Waals surface area (Å²) in [5, 5.41) is 7.81. The van der Waals surface area contributed by atoms with Crippen molar-refractivity contribution in [2.45, 2.75) is 58.0 Å². The Hall–Kier alpha value is -1.72. The number of fused-ring (bicyclic) bond motifs is 5. The lowest BCUT2D eigenvalue weighted by molar-refractivity contribution is 0.208. The summed E-state index contributed by atoms with van der Waals surface area (Å²) in [6.45, 7) is 7.95. The van der Waals surface area contributed by atoms with Gasteiger partial charge in [-0.15, -0.1) is 0 Å². The van der Waals surface area contributed by atoms with Crippen molar-refractivity contribution in [3.8, 4) is 0 Å². The molecule has 2 unspecified atom stereocenters. The van der Waals surface area contributed by atoms with Crippen LogP contribution < -0.4 is 10.6 Å². The summed E-state index contributed by atoms with van der Waals surface area (Å²) < 4.78 is 6.46. The molecule has 6 rings (SSSR count). The number of likely N-dealkylation sites (tertiary alicyclic amines) is 1. The van der Waals surface area contributed by atoms with E-state index < -0.39 is 0 Å². The predicted octanol–water partition coefficient (Wildman–Crippen LogP) is 5.47. The zero-order valence-corrected chi connectivity index (χ0v) is 17.9. The first-order chi connectivity index (χ1) is 13.9. The molecule has 1 aromatic heterocycles. The molecular weight excluding hydrogens is 386 g/mol. The van der Waals surface area contributed by atoms with Crippen molar-refractivity contribution in [2.75, 3.05) is 18.4 Å². The Morgan fingerprint density at radius 1 is 1.17 bits per heavy atom. The number of urea groups is 1. The van der Waals surface area contributed by atoms with Gasteiger partial charge in [-0.25, -0.2) is 4.79 Å². The first-order valence-corrected chi connectivity index (χ1v) is 11.3. The van der Waals surface area contributed by atoms with Crippen LogP contribution in [-0.4, -0.2) is 24.0 Å². The van der Waals surface area contributed by atoms with Crippen molar-refractivity contribution in [3.05, 3.63) is 28.5 Å². The number of nitrogens with one attached hydrogen (secondary N) is 2. The first kappa shape index (κ1) is 18.1. The Balaban J connectivity index is 1.39. The van der Waals surface area contributed by atoms with Gasteiger partial charge >= 0.3 is 6.03 Å². The van der Waals surface area contributed by atoms with Crippen LogP contribution in [0.1, 0.15) is 57.3 Å². The molecule has 2 aliphatic heterocycles. The fourth-order valence-electron chi connectivity index (χ4n) is 6.38. The lowest BCUT2D eigenvalue weighted by Gasteiger charge is -2.42. The zero-order valence-electron chi connectivity index (χ0n) is 17.1. The summed E-state index contributed by atoms with van der Waals surface area (Å²) in [7, 11) is 0. The Kier molecular flexibility index (Phi) is 3.69. The maximum absolute atomic E-state index is 12.4. The Labute approximate surface area is 176 Å². The molecule has 6 heteroatoms. The molecule has 2 N–H and O–H groups in total. The number of hydrogen-bond donors (Lipinski definition) is 2. The summed E-state index contributed by atoms with van der Waals surface area (Å²) in [5.41, 5.74) is 2.83. The molecule has 3 heterocycles. The SMILES string of the molecule is CC1(C)C2CN(Cc3cc4cc(Cl)c5c(c4o3)C3(CCCCC3)NC(=O)N5)CC21. The molecule has 2 atom stereocenters. The van der Waals surface area contributed by atoms with Gasteiger partial charge in [0.05, 0.1) is 22.8 Å². The maximum atomic E-state index is 12.4. The summed E-state index contributed by atoms with van der Waals surface area (Å²) in [4.78, 5) is 14.9. The number of carbonyl (C=O) groups excluding carboxylic acids is 1. The third-order valence-electron chi connectivity index (χ3n) is 8.16. The second-order valence-corrected chi connectivity index (χ2v) is 10.6. The molecule has 2 aliphatic carbocycles. The Bertz CT molecular complexity index is 1010. The molecule has 154 valence electrons. The number of benzene rings is 1. The Morgan fingerprint density at radius 2 is 1.90 bits per heavy atom. The van der Waals surface area contributed by atoms with Gasteiger partial charge in [0.25, 0.3) is 0 Å². The molecular formula is C23H28ClN3O2. The highest BCUT2D eigenvalue weighted by Gasteiger charge is 2.61. The number of rotatable bonds is 2. The highest BCUT2D eigenvalue weighted by atomic mass is 35.5. The molecule has 0 bridgehead atoms. The van der Waals surface area contributed by atoms with Crippen molar-refractivity contribution in [1.29, 1.82) is 0 Å². The van der Waals surface area contributed by atoms with Crippen molar-refractivity contribution < 1.29 is 9.21 Å². The minimum atomic E-state index is -0.368. The predicted molar refractivity (Wildman–Crippen MR) is 114 cm³/mol. The molecule has 1 spiro atoms. The highest BCUT2D eigenvalue weighted by molar-refractivity contribution is 6.35. The lowest BCUT2D eigenvalue weighted by Crippen LogP contribution is -2.52. The van der Waals surface area contributed by atoms with Crippen LogP contribution in [0.5, 0.6) is 0 Å². The summed E-state index contributed by atoms with van der Waals surface area (Å²) in [5.74, 6) is 2.66. The number of anilines is 1. The van der Waals surface area contributed by atoms with Crippen LogP contribution in [0.4, 0.5) is 10.5 Å². The van der Waals surface area contributed by atoms with Crippen molar-refractivity contribution in [3.63, 3.8) is 0 Å². The van der Waals surface area contributed by atoms with Gasteiger partial charge < -0.3 is 15.1 Å². The average molecular weight is 414 g/mol. The summed E-state index contributed by atoms with van der Waals surface area (Å²) in [6, 6.07) is 3.92. The number of nitrogens with zero attached hydrogens (tertiary/aromatic N) is 1. The van der Waals surface area contributed by atoms with Crippen LogP contribution in [0.15, 0.2) is 16.5 Å². The van der Waals surface area contributed by atoms with Gasteiger partial charge in [-0.3, -0.25) is 4.90 Å². The smallest absolute Gasteiger partial charge is 0.319 e. The van der Waals surface area contributed by atoms with Crippen LogP contribution in [0.2, 0.25) is 5.02 Å². The molecule has 1 aromatic carbocycles. The Morgan fingerprint density at radius 3 is 2.62 bits per heavy atom. The van der Waals surface area contributed by atoms with E-state index in [0.717, 1.165) is 85.1 Å². The van der Waals surface area contributed by atoms with Crippen LogP contribution >= 0.6 is 11.6 Å². The third kappa shape index (κ3) is 2.59. The van der Waals surface area contributed by atoms with E-state index in [1.54, 1.807) is 0 Å². The minimum Gasteiger partial charge on any atom is -0.459 e. The quantitative estimate of drug-likeness (QED) is 0.686. The molecule has 5 nitrogen and oxygen atoms in total. The fraction of sp³-hybridized carbons (Fsp3) is 0.609. The van der Waals surface area contributed by atoms with E-state index in [1.807, 2.05) is 6.07 Å². The van der Waals surface area contributed by atoms with E-state index in [4.69, 9.17) is 16.0 Å². The van der Waals surface area contributed by atoms with Gasteiger partial charge in [-0.05, 0) is 42.2 Å². The largest absolute Gasteiger partial charge is 0.459 e. The zero-order chi connectivity index (χ0) is 20.0. The van der Waals surface area contributed by atoms with E-state index >= 15 is 0 Å². The molecule has 2 amide bonds. The van der Waals surface area contributed by atoms with E-state index in [0.29, 0.717) is 10.4 Å². The van der Waals surface area contributed by atoms with Gasteiger partial charge in [0, 0.05) is 24.0 Å². The molecule has 2 saturated carbocycles. The first-order valence-electron chi connectivity index (χ1n) is 10.9. The average Bonchev–Trinajstić information content (AvgIpc) is 3.04. The fourth-order valence-corrected chi connectivity index (χ4v) is 6.64. The van der Waals surface area contributed by atoms with E-state index in [1.165, 1.54) is 6.42 Å². The number of carbonyl (C=O) groups is 1. The second kappa shape index (κ2) is 5.92. The molecule has 3 fully saturated rings. The van der Waals surface area contributed by atoms with Gasteiger partial charge in [0.15, 0.2) is 0 Å². The molecule has 29 heavy (non-hydrogen) atoms. The van der Waals surface area contributed by atoms with Crippen LogP contribution in [-0.2, 0) is 12.1 Å². The second-order valence-electron chi connectivity index (χ2n) is 10.2. The molecule has 2 aromatic rings. The van der Waals surface area contributed by atoms with Crippen molar-refractivity contribution in [1.82, 2.24) is 10.2 Å². The molecule has 1 saturated heterocycles. The number of amides is 2. The van der Waals surface area contributed by atoms with Gasteiger partial charge in [-0.2, -0.15) is 0 Å². The van der Waals surface area contributed by atoms with Gasteiger partial charge in [0.2, 0.25) is 0 Å². The van der Waals surface area contributed by atoms with Crippen LogP contribution in [0, 0.1) is 17.3 Å². The highest BCUT2D eigenvalue weighted by Crippen LogP contribution is 2.62. The van der Waals surface area contributed by atoms with E-state index in [2.05, 4.69) is 35.4 Å². The number of piperidine rings is 1. The van der Waals surface area contributed by atoms with Gasteiger partial charge in [0.1, 0.15) is 11.3 Å². The number of hydrogen-bond acceptors (Lipinski definition) is 3. The lowest BCUT2D eigenvalue weighted by atomic mass is 9.74. The number of furan rings is 1.